The Labute approximate surface area is 121 Å². The molecule has 0 spiro atoms. The number of aryl methyl sites for hydroxylation is 1. The second-order valence-corrected chi connectivity index (χ2v) is 5.25. The Balaban J connectivity index is 2.00. The summed E-state index contributed by atoms with van der Waals surface area (Å²) < 4.78 is 33.1. The first-order valence-corrected chi connectivity index (χ1v) is 6.94. The third-order valence-electron chi connectivity index (χ3n) is 3.48. The molecule has 0 amide bonds. The van der Waals surface area contributed by atoms with Crippen LogP contribution < -0.4 is 4.74 Å². The Morgan fingerprint density at radius 1 is 1.10 bits per heavy atom. The molecular formula is C16H13ClF2O. The molecule has 1 heterocycles. The Kier molecular flexibility index (Phi) is 3.62. The smallest absolute Gasteiger partial charge is 0.131 e. The van der Waals surface area contributed by atoms with Crippen molar-refractivity contribution in [3.63, 3.8) is 0 Å². The zero-order valence-electron chi connectivity index (χ0n) is 10.7. The summed E-state index contributed by atoms with van der Waals surface area (Å²) in [6.45, 7) is 0.707. The largest absolute Gasteiger partial charge is 0.493 e. The molecule has 0 bridgehead atoms. The van der Waals surface area contributed by atoms with Crippen molar-refractivity contribution in [1.82, 2.24) is 0 Å². The lowest BCUT2D eigenvalue weighted by atomic mass is 9.98. The van der Waals surface area contributed by atoms with E-state index >= 15 is 0 Å². The fourth-order valence-corrected chi connectivity index (χ4v) is 2.80. The van der Waals surface area contributed by atoms with Crippen molar-refractivity contribution in [3.05, 3.63) is 64.7 Å². The Morgan fingerprint density at radius 3 is 2.60 bits per heavy atom. The van der Waals surface area contributed by atoms with E-state index in [4.69, 9.17) is 16.3 Å². The first kappa shape index (κ1) is 13.4. The van der Waals surface area contributed by atoms with Crippen molar-refractivity contribution in [3.8, 4) is 5.75 Å². The summed E-state index contributed by atoms with van der Waals surface area (Å²) in [5, 5.41) is -0.844. The van der Waals surface area contributed by atoms with E-state index in [1.807, 2.05) is 12.1 Å². The van der Waals surface area contributed by atoms with Gasteiger partial charge in [0, 0.05) is 5.56 Å². The molecule has 104 valence electrons. The van der Waals surface area contributed by atoms with E-state index in [9.17, 15) is 8.78 Å². The lowest BCUT2D eigenvalue weighted by Gasteiger charge is -2.19. The molecule has 3 rings (SSSR count). The minimum atomic E-state index is -0.844. The zero-order chi connectivity index (χ0) is 14.1. The fourth-order valence-electron chi connectivity index (χ4n) is 2.46. The molecule has 0 saturated carbocycles. The number of benzene rings is 2. The SMILES string of the molecule is Fc1cccc(F)c1C(Cl)c1ccc2c(c1)CCCO2. The molecule has 2 aromatic rings. The molecule has 2 aromatic carbocycles. The zero-order valence-corrected chi connectivity index (χ0v) is 11.5. The third kappa shape index (κ3) is 2.38. The Hall–Kier alpha value is -1.61. The van der Waals surface area contributed by atoms with E-state index in [1.165, 1.54) is 18.2 Å². The molecule has 1 atom stereocenters. The van der Waals surface area contributed by atoms with Crippen LogP contribution in [0.25, 0.3) is 0 Å². The number of fused-ring (bicyclic) bond motifs is 1. The summed E-state index contributed by atoms with van der Waals surface area (Å²) in [6, 6.07) is 9.22. The average molecular weight is 295 g/mol. The van der Waals surface area contributed by atoms with Gasteiger partial charge in [-0.15, -0.1) is 11.6 Å². The number of hydrogen-bond donors (Lipinski definition) is 0. The van der Waals surface area contributed by atoms with Gasteiger partial charge < -0.3 is 4.74 Å². The van der Waals surface area contributed by atoms with Crippen LogP contribution in [-0.2, 0) is 6.42 Å². The van der Waals surface area contributed by atoms with Crippen molar-refractivity contribution >= 4 is 11.6 Å². The first-order chi connectivity index (χ1) is 9.66. The topological polar surface area (TPSA) is 9.23 Å². The van der Waals surface area contributed by atoms with Crippen molar-refractivity contribution in [1.29, 1.82) is 0 Å². The lowest BCUT2D eigenvalue weighted by molar-refractivity contribution is 0.288. The van der Waals surface area contributed by atoms with Gasteiger partial charge in [-0.1, -0.05) is 18.2 Å². The van der Waals surface area contributed by atoms with Crippen LogP contribution >= 0.6 is 11.6 Å². The second-order valence-electron chi connectivity index (χ2n) is 4.82. The maximum atomic E-state index is 13.8. The first-order valence-electron chi connectivity index (χ1n) is 6.50. The third-order valence-corrected chi connectivity index (χ3v) is 3.95. The van der Waals surface area contributed by atoms with Gasteiger partial charge >= 0.3 is 0 Å². The average Bonchev–Trinajstić information content (AvgIpc) is 2.46. The van der Waals surface area contributed by atoms with Crippen LogP contribution in [0.2, 0.25) is 0 Å². The number of alkyl halides is 1. The van der Waals surface area contributed by atoms with Gasteiger partial charge in [0.25, 0.3) is 0 Å². The predicted molar refractivity (Wildman–Crippen MR) is 74.3 cm³/mol. The van der Waals surface area contributed by atoms with Crippen LogP contribution in [0, 0.1) is 11.6 Å². The van der Waals surface area contributed by atoms with Gasteiger partial charge in [-0.05, 0) is 42.2 Å². The highest BCUT2D eigenvalue weighted by Gasteiger charge is 2.21. The molecule has 20 heavy (non-hydrogen) atoms. The van der Waals surface area contributed by atoms with E-state index in [0.29, 0.717) is 12.2 Å². The highest BCUT2D eigenvalue weighted by Crippen LogP contribution is 2.35. The summed E-state index contributed by atoms with van der Waals surface area (Å²) in [6.07, 6.45) is 1.84. The summed E-state index contributed by atoms with van der Waals surface area (Å²) >= 11 is 6.26. The van der Waals surface area contributed by atoms with Crippen molar-refractivity contribution in [2.75, 3.05) is 6.61 Å². The molecule has 0 radical (unpaired) electrons. The second kappa shape index (κ2) is 5.41. The molecular weight excluding hydrogens is 282 g/mol. The Bertz CT molecular complexity index is 622. The van der Waals surface area contributed by atoms with Gasteiger partial charge in [0.1, 0.15) is 17.4 Å². The summed E-state index contributed by atoms with van der Waals surface area (Å²) in [5.41, 5.74) is 1.61. The quantitative estimate of drug-likeness (QED) is 0.735. The summed E-state index contributed by atoms with van der Waals surface area (Å²) in [5.74, 6) is -0.421. The van der Waals surface area contributed by atoms with Crippen molar-refractivity contribution < 1.29 is 13.5 Å². The van der Waals surface area contributed by atoms with E-state index in [-0.39, 0.29) is 5.56 Å². The van der Waals surface area contributed by atoms with Gasteiger partial charge in [-0.25, -0.2) is 8.78 Å². The lowest BCUT2D eigenvalue weighted by Crippen LogP contribution is -2.09. The van der Waals surface area contributed by atoms with Gasteiger partial charge in [0.15, 0.2) is 0 Å². The molecule has 0 fully saturated rings. The van der Waals surface area contributed by atoms with E-state index in [0.717, 1.165) is 24.2 Å². The van der Waals surface area contributed by atoms with E-state index < -0.39 is 17.0 Å². The monoisotopic (exact) mass is 294 g/mol. The molecule has 1 aliphatic heterocycles. The van der Waals surface area contributed by atoms with E-state index in [2.05, 4.69) is 0 Å². The van der Waals surface area contributed by atoms with Crippen LogP contribution in [0.3, 0.4) is 0 Å². The van der Waals surface area contributed by atoms with Gasteiger partial charge in [-0.2, -0.15) is 0 Å². The number of hydrogen-bond acceptors (Lipinski definition) is 1. The Morgan fingerprint density at radius 2 is 1.85 bits per heavy atom. The van der Waals surface area contributed by atoms with Crippen LogP contribution in [-0.4, -0.2) is 6.61 Å². The molecule has 0 saturated heterocycles. The molecule has 0 N–H and O–H groups in total. The normalized spacial score (nSPS) is 15.3. The number of ether oxygens (including phenoxy) is 1. The van der Waals surface area contributed by atoms with Crippen LogP contribution in [0.1, 0.15) is 28.5 Å². The van der Waals surface area contributed by atoms with Crippen LogP contribution in [0.5, 0.6) is 5.75 Å². The number of rotatable bonds is 2. The highest BCUT2D eigenvalue weighted by atomic mass is 35.5. The molecule has 4 heteroatoms. The maximum Gasteiger partial charge on any atom is 0.131 e. The predicted octanol–water partition coefficient (Wildman–Crippen LogP) is 4.62. The molecule has 1 nitrogen and oxygen atoms in total. The van der Waals surface area contributed by atoms with Crippen LogP contribution in [0.4, 0.5) is 8.78 Å². The highest BCUT2D eigenvalue weighted by molar-refractivity contribution is 6.22. The van der Waals surface area contributed by atoms with Crippen molar-refractivity contribution in [2.24, 2.45) is 0 Å². The minimum absolute atomic E-state index is 0.106. The van der Waals surface area contributed by atoms with Crippen molar-refractivity contribution in [2.45, 2.75) is 18.2 Å². The standard InChI is InChI=1S/C16H13ClF2O/c17-16(15-12(18)4-1-5-13(15)19)11-6-7-14-10(9-11)3-2-8-20-14/h1,4-7,9,16H,2-3,8H2. The van der Waals surface area contributed by atoms with E-state index in [1.54, 1.807) is 6.07 Å². The summed E-state index contributed by atoms with van der Waals surface area (Å²) in [4.78, 5) is 0. The fraction of sp³-hybridized carbons (Fsp3) is 0.250. The molecule has 1 aliphatic rings. The number of halogens is 3. The maximum absolute atomic E-state index is 13.8. The molecule has 0 aromatic heterocycles. The van der Waals surface area contributed by atoms with Gasteiger partial charge in [0.05, 0.1) is 12.0 Å². The molecule has 0 aliphatic carbocycles. The van der Waals surface area contributed by atoms with Gasteiger partial charge in [0.2, 0.25) is 0 Å². The summed E-state index contributed by atoms with van der Waals surface area (Å²) in [7, 11) is 0. The molecule has 1 unspecified atom stereocenters. The van der Waals surface area contributed by atoms with Crippen LogP contribution in [0.15, 0.2) is 36.4 Å². The van der Waals surface area contributed by atoms with Gasteiger partial charge in [-0.3, -0.25) is 0 Å². The minimum Gasteiger partial charge on any atom is -0.493 e.